The second kappa shape index (κ2) is 5.87. The maximum atomic E-state index is 11.9. The molecular weight excluding hydrogens is 302 g/mol. The molecule has 1 saturated heterocycles. The Morgan fingerprint density at radius 3 is 2.65 bits per heavy atom. The molecule has 1 fully saturated rings. The molecule has 1 atom stereocenters. The molecule has 0 bridgehead atoms. The second-order valence-corrected chi connectivity index (χ2v) is 4.93. The Bertz CT molecular complexity index is 738. The molecule has 0 spiro atoms. The van der Waals surface area contributed by atoms with E-state index in [0.717, 1.165) is 5.56 Å². The highest BCUT2D eigenvalue weighted by molar-refractivity contribution is 6.21. The monoisotopic (exact) mass is 315 g/mol. The highest BCUT2D eigenvalue weighted by Gasteiger charge is 2.35. The quantitative estimate of drug-likeness (QED) is 0.748. The van der Waals surface area contributed by atoms with Gasteiger partial charge in [-0.1, -0.05) is 12.1 Å². The zero-order valence-electron chi connectivity index (χ0n) is 12.1. The number of carbonyl (C=O) groups is 3. The van der Waals surface area contributed by atoms with Crippen molar-refractivity contribution in [3.8, 4) is 0 Å². The number of carbonyl (C=O) groups excluding carboxylic acids is 3. The summed E-state index contributed by atoms with van der Waals surface area (Å²) < 4.78 is 4.51. The molecule has 23 heavy (non-hydrogen) atoms. The van der Waals surface area contributed by atoms with Crippen molar-refractivity contribution in [3.63, 3.8) is 0 Å². The van der Waals surface area contributed by atoms with E-state index in [0.29, 0.717) is 17.8 Å². The molecule has 1 unspecified atom stereocenters. The van der Waals surface area contributed by atoms with Gasteiger partial charge in [-0.15, -0.1) is 5.10 Å². The maximum absolute atomic E-state index is 11.9. The number of imide groups is 1. The lowest BCUT2D eigenvalue weighted by Gasteiger charge is -2.26. The number of urea groups is 1. The molecule has 2 aliphatic heterocycles. The van der Waals surface area contributed by atoms with Crippen LogP contribution in [0.2, 0.25) is 0 Å². The van der Waals surface area contributed by atoms with Gasteiger partial charge in [-0.05, 0) is 17.7 Å². The minimum atomic E-state index is -0.595. The first kappa shape index (κ1) is 14.7. The van der Waals surface area contributed by atoms with Gasteiger partial charge in [0.15, 0.2) is 0 Å². The molecule has 0 saturated carbocycles. The predicted octanol–water partition coefficient (Wildman–Crippen LogP) is 0.827. The SMILES string of the molecule is COC(=O)Nc1ccc(C2=NN=C3NC(=O)NC(=O)C3C2)cc1. The van der Waals surface area contributed by atoms with Gasteiger partial charge in [-0.3, -0.25) is 20.7 Å². The van der Waals surface area contributed by atoms with Gasteiger partial charge in [0.05, 0.1) is 12.8 Å². The van der Waals surface area contributed by atoms with Crippen LogP contribution in [0, 0.1) is 5.92 Å². The van der Waals surface area contributed by atoms with E-state index in [1.165, 1.54) is 7.11 Å². The van der Waals surface area contributed by atoms with Gasteiger partial charge in [0.1, 0.15) is 11.8 Å². The van der Waals surface area contributed by atoms with Gasteiger partial charge >= 0.3 is 12.1 Å². The lowest BCUT2D eigenvalue weighted by molar-refractivity contribution is -0.122. The van der Waals surface area contributed by atoms with Crippen LogP contribution in [0.15, 0.2) is 34.5 Å². The first-order chi connectivity index (χ1) is 11.1. The Kier molecular flexibility index (Phi) is 3.75. The van der Waals surface area contributed by atoms with E-state index >= 15 is 0 Å². The minimum Gasteiger partial charge on any atom is -0.453 e. The van der Waals surface area contributed by atoms with Crippen LogP contribution in [-0.2, 0) is 9.53 Å². The summed E-state index contributed by atoms with van der Waals surface area (Å²) in [5.41, 5.74) is 1.96. The summed E-state index contributed by atoms with van der Waals surface area (Å²) in [7, 11) is 1.28. The highest BCUT2D eigenvalue weighted by Crippen LogP contribution is 2.20. The van der Waals surface area contributed by atoms with Crippen LogP contribution < -0.4 is 16.0 Å². The zero-order chi connectivity index (χ0) is 16.4. The number of nitrogens with zero attached hydrogens (tertiary/aromatic N) is 2. The fraction of sp³-hybridized carbons (Fsp3) is 0.214. The first-order valence-electron chi connectivity index (χ1n) is 6.78. The van der Waals surface area contributed by atoms with E-state index < -0.39 is 23.9 Å². The summed E-state index contributed by atoms with van der Waals surface area (Å²) in [4.78, 5) is 34.2. The molecule has 2 heterocycles. The molecule has 9 heteroatoms. The molecule has 0 aromatic heterocycles. The van der Waals surface area contributed by atoms with Gasteiger partial charge in [0.25, 0.3) is 0 Å². The van der Waals surface area contributed by atoms with Crippen LogP contribution >= 0.6 is 0 Å². The number of benzene rings is 1. The number of ether oxygens (including phenoxy) is 1. The van der Waals surface area contributed by atoms with Crippen molar-refractivity contribution >= 4 is 35.3 Å². The van der Waals surface area contributed by atoms with Crippen LogP contribution in [0.1, 0.15) is 12.0 Å². The summed E-state index contributed by atoms with van der Waals surface area (Å²) in [6, 6.07) is 6.29. The average molecular weight is 315 g/mol. The van der Waals surface area contributed by atoms with Gasteiger partial charge in [-0.2, -0.15) is 5.10 Å². The number of anilines is 1. The standard InChI is InChI=1S/C14H13N5O4/c1-23-14(22)15-8-4-2-7(3-5-8)10-6-9-11(19-18-10)16-13(21)17-12(9)20/h2-5,9H,6H2,1H3,(H,15,22)(H2,16,17,19,20,21). The molecule has 2 aliphatic rings. The Morgan fingerprint density at radius 1 is 1.22 bits per heavy atom. The fourth-order valence-electron chi connectivity index (χ4n) is 2.28. The van der Waals surface area contributed by atoms with Crippen molar-refractivity contribution in [2.75, 3.05) is 12.4 Å². The summed E-state index contributed by atoms with van der Waals surface area (Å²) >= 11 is 0. The molecule has 9 nitrogen and oxygen atoms in total. The van der Waals surface area contributed by atoms with E-state index in [2.05, 4.69) is 30.9 Å². The first-order valence-corrected chi connectivity index (χ1v) is 6.78. The second-order valence-electron chi connectivity index (χ2n) is 4.93. The zero-order valence-corrected chi connectivity index (χ0v) is 12.1. The van der Waals surface area contributed by atoms with Gasteiger partial charge in [0.2, 0.25) is 5.91 Å². The maximum Gasteiger partial charge on any atom is 0.411 e. The molecule has 118 valence electrons. The van der Waals surface area contributed by atoms with Gasteiger partial charge in [-0.25, -0.2) is 9.59 Å². The number of amides is 4. The molecule has 1 aromatic carbocycles. The molecule has 0 radical (unpaired) electrons. The van der Waals surface area contributed by atoms with Crippen LogP contribution in [0.3, 0.4) is 0 Å². The van der Waals surface area contributed by atoms with Crippen molar-refractivity contribution in [1.29, 1.82) is 0 Å². The summed E-state index contributed by atoms with van der Waals surface area (Å²) in [5, 5.41) is 15.2. The summed E-state index contributed by atoms with van der Waals surface area (Å²) in [5.74, 6) is -0.705. The van der Waals surface area contributed by atoms with Crippen LogP contribution in [-0.4, -0.2) is 36.7 Å². The molecule has 4 amide bonds. The predicted molar refractivity (Wildman–Crippen MR) is 81.2 cm³/mol. The Morgan fingerprint density at radius 2 is 1.96 bits per heavy atom. The van der Waals surface area contributed by atoms with E-state index in [9.17, 15) is 14.4 Å². The third-order valence-corrected chi connectivity index (χ3v) is 3.45. The molecule has 1 aromatic rings. The van der Waals surface area contributed by atoms with Gasteiger partial charge < -0.3 is 4.74 Å². The number of nitrogens with one attached hydrogen (secondary N) is 3. The molecule has 3 rings (SSSR count). The van der Waals surface area contributed by atoms with Crippen molar-refractivity contribution < 1.29 is 19.1 Å². The lowest BCUT2D eigenvalue weighted by atomic mass is 9.93. The Labute approximate surface area is 130 Å². The third-order valence-electron chi connectivity index (χ3n) is 3.45. The van der Waals surface area contributed by atoms with Crippen molar-refractivity contribution in [2.24, 2.45) is 16.1 Å². The molecular formula is C14H13N5O4. The number of fused-ring (bicyclic) bond motifs is 1. The van der Waals surface area contributed by atoms with Crippen molar-refractivity contribution in [2.45, 2.75) is 6.42 Å². The van der Waals surface area contributed by atoms with Crippen LogP contribution in [0.4, 0.5) is 15.3 Å². The summed E-state index contributed by atoms with van der Waals surface area (Å²) in [6.45, 7) is 0. The van der Waals surface area contributed by atoms with E-state index in [4.69, 9.17) is 0 Å². The van der Waals surface area contributed by atoms with Gasteiger partial charge in [0, 0.05) is 12.1 Å². The molecule has 0 aliphatic carbocycles. The number of rotatable bonds is 2. The third kappa shape index (κ3) is 3.03. The number of methoxy groups -OCH3 is 1. The number of hydrogen-bond acceptors (Lipinski definition) is 6. The largest absolute Gasteiger partial charge is 0.453 e. The van der Waals surface area contributed by atoms with Crippen molar-refractivity contribution in [1.82, 2.24) is 10.6 Å². The number of hydrogen-bond donors (Lipinski definition) is 3. The lowest BCUT2D eigenvalue weighted by Crippen LogP contribution is -2.56. The van der Waals surface area contributed by atoms with Crippen LogP contribution in [0.25, 0.3) is 0 Å². The Balaban J connectivity index is 1.79. The van der Waals surface area contributed by atoms with Crippen LogP contribution in [0.5, 0.6) is 0 Å². The highest BCUT2D eigenvalue weighted by atomic mass is 16.5. The number of amidine groups is 1. The van der Waals surface area contributed by atoms with E-state index in [-0.39, 0.29) is 5.84 Å². The molecule has 3 N–H and O–H groups in total. The van der Waals surface area contributed by atoms with E-state index in [1.807, 2.05) is 0 Å². The minimum absolute atomic E-state index is 0.256. The topological polar surface area (TPSA) is 121 Å². The fourth-order valence-corrected chi connectivity index (χ4v) is 2.28. The van der Waals surface area contributed by atoms with E-state index in [1.54, 1.807) is 24.3 Å². The van der Waals surface area contributed by atoms with Crippen molar-refractivity contribution in [3.05, 3.63) is 29.8 Å². The Hall–Kier alpha value is -3.23. The smallest absolute Gasteiger partial charge is 0.411 e. The summed E-state index contributed by atoms with van der Waals surface area (Å²) in [6.07, 6.45) is -0.231. The average Bonchev–Trinajstić information content (AvgIpc) is 2.55. The normalized spacial score (nSPS) is 19.6.